The highest BCUT2D eigenvalue weighted by molar-refractivity contribution is 9.10. The summed E-state index contributed by atoms with van der Waals surface area (Å²) in [7, 11) is 0. The summed E-state index contributed by atoms with van der Waals surface area (Å²) in [6.45, 7) is 7.53. The highest BCUT2D eigenvalue weighted by atomic mass is 79.9. The van der Waals surface area contributed by atoms with Crippen LogP contribution in [0.15, 0.2) is 53.0 Å². The molecule has 0 aromatic heterocycles. The summed E-state index contributed by atoms with van der Waals surface area (Å²) in [5.74, 6) is -0.0975. The van der Waals surface area contributed by atoms with E-state index in [1.807, 2.05) is 69.3 Å². The molecule has 2 aromatic rings. The standard InChI is InChI=1S/C23H28BrN3O2/c1-23(2,3)26-22(29)19-6-4-5-7-20(19)27-14-12-18(13-15-27)25-21(28)16-8-10-17(24)11-9-16/h4-11,18H,12-15H2,1-3H3,(H,25,28)(H,26,29). The predicted molar refractivity (Wildman–Crippen MR) is 121 cm³/mol. The van der Waals surface area contributed by atoms with Crippen molar-refractivity contribution in [2.24, 2.45) is 0 Å². The molecule has 1 fully saturated rings. The lowest BCUT2D eigenvalue weighted by atomic mass is 10.0. The van der Waals surface area contributed by atoms with Gasteiger partial charge in [-0.15, -0.1) is 0 Å². The molecule has 0 aliphatic carbocycles. The van der Waals surface area contributed by atoms with Crippen molar-refractivity contribution < 1.29 is 9.59 Å². The Bertz CT molecular complexity index is 866. The second kappa shape index (κ2) is 8.99. The number of halogens is 1. The van der Waals surface area contributed by atoms with Gasteiger partial charge in [0.1, 0.15) is 0 Å². The smallest absolute Gasteiger partial charge is 0.253 e. The number of carbonyl (C=O) groups excluding carboxylic acids is 2. The zero-order valence-corrected chi connectivity index (χ0v) is 18.8. The Balaban J connectivity index is 1.62. The van der Waals surface area contributed by atoms with Gasteiger partial charge < -0.3 is 15.5 Å². The van der Waals surface area contributed by atoms with Gasteiger partial charge >= 0.3 is 0 Å². The number of carbonyl (C=O) groups is 2. The Kier molecular flexibility index (Phi) is 6.63. The zero-order chi connectivity index (χ0) is 21.0. The highest BCUT2D eigenvalue weighted by Crippen LogP contribution is 2.25. The van der Waals surface area contributed by atoms with Crippen LogP contribution in [0.3, 0.4) is 0 Å². The van der Waals surface area contributed by atoms with Crippen molar-refractivity contribution in [2.45, 2.75) is 45.2 Å². The van der Waals surface area contributed by atoms with Gasteiger partial charge in [-0.05, 0) is 70.0 Å². The minimum atomic E-state index is -0.283. The van der Waals surface area contributed by atoms with Crippen LogP contribution in [0.4, 0.5) is 5.69 Å². The maximum absolute atomic E-state index is 12.7. The quantitative estimate of drug-likeness (QED) is 0.715. The van der Waals surface area contributed by atoms with Crippen molar-refractivity contribution in [1.29, 1.82) is 0 Å². The molecule has 2 aromatic carbocycles. The Morgan fingerprint density at radius 2 is 1.59 bits per heavy atom. The van der Waals surface area contributed by atoms with Crippen LogP contribution in [0, 0.1) is 0 Å². The SMILES string of the molecule is CC(C)(C)NC(=O)c1ccccc1N1CCC(NC(=O)c2ccc(Br)cc2)CC1. The fraction of sp³-hybridized carbons (Fsp3) is 0.391. The molecule has 1 heterocycles. The molecule has 154 valence electrons. The van der Waals surface area contributed by atoms with E-state index in [4.69, 9.17) is 0 Å². The van der Waals surface area contributed by atoms with E-state index in [1.165, 1.54) is 0 Å². The van der Waals surface area contributed by atoms with E-state index in [1.54, 1.807) is 0 Å². The number of nitrogens with one attached hydrogen (secondary N) is 2. The predicted octanol–water partition coefficient (Wildman–Crippen LogP) is 4.38. The van der Waals surface area contributed by atoms with Crippen molar-refractivity contribution in [3.63, 3.8) is 0 Å². The maximum Gasteiger partial charge on any atom is 0.253 e. The van der Waals surface area contributed by atoms with Gasteiger partial charge in [0.05, 0.1) is 5.56 Å². The largest absolute Gasteiger partial charge is 0.371 e. The fourth-order valence-electron chi connectivity index (χ4n) is 3.48. The van der Waals surface area contributed by atoms with Crippen LogP contribution in [0.1, 0.15) is 54.3 Å². The first-order chi connectivity index (χ1) is 13.7. The molecule has 0 atom stereocenters. The number of hydrogen-bond acceptors (Lipinski definition) is 3. The van der Waals surface area contributed by atoms with Crippen molar-refractivity contribution in [2.75, 3.05) is 18.0 Å². The van der Waals surface area contributed by atoms with Gasteiger partial charge in [-0.2, -0.15) is 0 Å². The molecule has 1 saturated heterocycles. The molecule has 29 heavy (non-hydrogen) atoms. The molecule has 0 spiro atoms. The molecule has 0 radical (unpaired) electrons. The molecular weight excluding hydrogens is 430 g/mol. The Labute approximate surface area is 181 Å². The van der Waals surface area contributed by atoms with Gasteiger partial charge in [-0.25, -0.2) is 0 Å². The van der Waals surface area contributed by atoms with Gasteiger partial charge in [0, 0.05) is 40.4 Å². The summed E-state index contributed by atoms with van der Waals surface area (Å²) in [6.07, 6.45) is 1.69. The van der Waals surface area contributed by atoms with Gasteiger partial charge in [0.2, 0.25) is 0 Å². The number of anilines is 1. The second-order valence-corrected chi connectivity index (χ2v) is 9.38. The van der Waals surface area contributed by atoms with Crippen LogP contribution in [-0.4, -0.2) is 36.5 Å². The summed E-state index contributed by atoms with van der Waals surface area (Å²) >= 11 is 3.39. The minimum absolute atomic E-state index is 0.0408. The average molecular weight is 458 g/mol. The first-order valence-corrected chi connectivity index (χ1v) is 10.8. The van der Waals surface area contributed by atoms with E-state index in [-0.39, 0.29) is 23.4 Å². The molecule has 2 amide bonds. The van der Waals surface area contributed by atoms with Crippen LogP contribution in [-0.2, 0) is 0 Å². The topological polar surface area (TPSA) is 61.4 Å². The summed E-state index contributed by atoms with van der Waals surface area (Å²) < 4.78 is 0.955. The first kappa shape index (κ1) is 21.4. The van der Waals surface area contributed by atoms with Gasteiger partial charge in [0.25, 0.3) is 11.8 Å². The van der Waals surface area contributed by atoms with E-state index in [0.717, 1.165) is 36.1 Å². The lowest BCUT2D eigenvalue weighted by Crippen LogP contribution is -2.45. The van der Waals surface area contributed by atoms with Crippen LogP contribution >= 0.6 is 15.9 Å². The van der Waals surface area contributed by atoms with Crippen molar-refractivity contribution in [3.8, 4) is 0 Å². The number of benzene rings is 2. The van der Waals surface area contributed by atoms with Crippen LogP contribution in [0.2, 0.25) is 0 Å². The fourth-order valence-corrected chi connectivity index (χ4v) is 3.75. The molecule has 1 aliphatic rings. The van der Waals surface area contributed by atoms with Gasteiger partial charge in [-0.3, -0.25) is 9.59 Å². The van der Waals surface area contributed by atoms with Crippen molar-refractivity contribution in [3.05, 3.63) is 64.1 Å². The van der Waals surface area contributed by atoms with E-state index in [9.17, 15) is 9.59 Å². The van der Waals surface area contributed by atoms with E-state index >= 15 is 0 Å². The summed E-state index contributed by atoms with van der Waals surface area (Å²) in [4.78, 5) is 27.4. The number of hydrogen-bond donors (Lipinski definition) is 2. The van der Waals surface area contributed by atoms with E-state index in [0.29, 0.717) is 11.1 Å². The molecule has 3 rings (SSSR count). The maximum atomic E-state index is 12.7. The lowest BCUT2D eigenvalue weighted by Gasteiger charge is -2.35. The van der Waals surface area contributed by atoms with Crippen molar-refractivity contribution in [1.82, 2.24) is 10.6 Å². The van der Waals surface area contributed by atoms with E-state index < -0.39 is 0 Å². The molecule has 0 unspecified atom stereocenters. The molecular formula is C23H28BrN3O2. The summed E-state index contributed by atoms with van der Waals surface area (Å²) in [5, 5.41) is 6.18. The number of piperidine rings is 1. The normalized spacial score (nSPS) is 15.1. The molecule has 6 heteroatoms. The molecule has 2 N–H and O–H groups in total. The van der Waals surface area contributed by atoms with Crippen LogP contribution in [0.25, 0.3) is 0 Å². The third-order valence-electron chi connectivity index (χ3n) is 4.91. The van der Waals surface area contributed by atoms with Gasteiger partial charge in [-0.1, -0.05) is 28.1 Å². The van der Waals surface area contributed by atoms with Crippen LogP contribution < -0.4 is 15.5 Å². The molecule has 0 bridgehead atoms. The average Bonchev–Trinajstić information content (AvgIpc) is 2.68. The number of amides is 2. The lowest BCUT2D eigenvalue weighted by molar-refractivity contribution is 0.0917. The minimum Gasteiger partial charge on any atom is -0.371 e. The Morgan fingerprint density at radius 3 is 2.21 bits per heavy atom. The Hall–Kier alpha value is -2.34. The highest BCUT2D eigenvalue weighted by Gasteiger charge is 2.25. The first-order valence-electron chi connectivity index (χ1n) is 9.96. The number of para-hydroxylation sites is 1. The third kappa shape index (κ3) is 5.82. The van der Waals surface area contributed by atoms with E-state index in [2.05, 4.69) is 31.5 Å². The van der Waals surface area contributed by atoms with Gasteiger partial charge in [0.15, 0.2) is 0 Å². The summed E-state index contributed by atoms with van der Waals surface area (Å²) in [5.41, 5.74) is 2.03. The molecule has 5 nitrogen and oxygen atoms in total. The monoisotopic (exact) mass is 457 g/mol. The van der Waals surface area contributed by atoms with Crippen LogP contribution in [0.5, 0.6) is 0 Å². The molecule has 1 aliphatic heterocycles. The Morgan fingerprint density at radius 1 is 0.966 bits per heavy atom. The third-order valence-corrected chi connectivity index (χ3v) is 5.44. The van der Waals surface area contributed by atoms with Crippen molar-refractivity contribution >= 4 is 33.4 Å². The summed E-state index contributed by atoms with van der Waals surface area (Å²) in [6, 6.07) is 15.2. The number of nitrogens with zero attached hydrogens (tertiary/aromatic N) is 1. The second-order valence-electron chi connectivity index (χ2n) is 8.46. The molecule has 0 saturated carbocycles. The zero-order valence-electron chi connectivity index (χ0n) is 17.2. The number of rotatable bonds is 4.